The molecule has 3 aromatic rings. The number of fused-ring (bicyclic) bond motifs is 1. The maximum atomic E-state index is 4.57. The highest BCUT2D eigenvalue weighted by Crippen LogP contribution is 2.29. The molecule has 0 aliphatic rings. The molecule has 0 saturated heterocycles. The predicted octanol–water partition coefficient (Wildman–Crippen LogP) is 4.48. The van der Waals surface area contributed by atoms with Crippen molar-refractivity contribution in [1.82, 2.24) is 9.97 Å². The fraction of sp³-hybridized carbons (Fsp3) is 0.294. The van der Waals surface area contributed by atoms with Gasteiger partial charge in [0.2, 0.25) is 0 Å². The summed E-state index contributed by atoms with van der Waals surface area (Å²) in [5.74, 6) is 1.76. The quantitative estimate of drug-likeness (QED) is 0.771. The first-order valence-electron chi connectivity index (χ1n) is 7.22. The number of anilines is 1. The predicted molar refractivity (Wildman–Crippen MR) is 90.0 cm³/mol. The smallest absolute Gasteiger partial charge is 0.138 e. The SMILES string of the molecule is CCc1cc2c(NCc3ccc(C)cc3)nc(C)nc2s1. The van der Waals surface area contributed by atoms with Crippen molar-refractivity contribution >= 4 is 27.4 Å². The molecule has 2 heterocycles. The van der Waals surface area contributed by atoms with Gasteiger partial charge in [-0.25, -0.2) is 9.97 Å². The highest BCUT2D eigenvalue weighted by molar-refractivity contribution is 7.18. The summed E-state index contributed by atoms with van der Waals surface area (Å²) in [5.41, 5.74) is 2.54. The second-order valence-corrected chi connectivity index (χ2v) is 6.36. The van der Waals surface area contributed by atoms with Gasteiger partial charge in [-0.05, 0) is 31.9 Å². The molecule has 0 fully saturated rings. The van der Waals surface area contributed by atoms with Gasteiger partial charge in [-0.2, -0.15) is 0 Å². The molecular weight excluding hydrogens is 278 g/mol. The lowest BCUT2D eigenvalue weighted by molar-refractivity contribution is 1.05. The third kappa shape index (κ3) is 3.05. The van der Waals surface area contributed by atoms with E-state index in [9.17, 15) is 0 Å². The summed E-state index contributed by atoms with van der Waals surface area (Å²) >= 11 is 1.76. The van der Waals surface area contributed by atoms with Crippen molar-refractivity contribution in [3.05, 3.63) is 52.2 Å². The van der Waals surface area contributed by atoms with Gasteiger partial charge in [0.1, 0.15) is 16.5 Å². The van der Waals surface area contributed by atoms with Crippen LogP contribution in [-0.4, -0.2) is 9.97 Å². The Morgan fingerprint density at radius 1 is 1.10 bits per heavy atom. The average molecular weight is 297 g/mol. The zero-order valence-corrected chi connectivity index (χ0v) is 13.4. The Hall–Kier alpha value is -1.94. The van der Waals surface area contributed by atoms with E-state index in [0.717, 1.165) is 34.8 Å². The highest BCUT2D eigenvalue weighted by atomic mass is 32.1. The van der Waals surface area contributed by atoms with Gasteiger partial charge in [-0.3, -0.25) is 0 Å². The van der Waals surface area contributed by atoms with E-state index in [1.54, 1.807) is 11.3 Å². The van der Waals surface area contributed by atoms with Crippen molar-refractivity contribution in [2.45, 2.75) is 33.7 Å². The van der Waals surface area contributed by atoms with E-state index in [4.69, 9.17) is 0 Å². The molecule has 3 nitrogen and oxygen atoms in total. The van der Waals surface area contributed by atoms with Crippen LogP contribution in [0.1, 0.15) is 28.8 Å². The number of benzene rings is 1. The summed E-state index contributed by atoms with van der Waals surface area (Å²) in [6, 6.07) is 10.8. The van der Waals surface area contributed by atoms with Crippen molar-refractivity contribution in [3.63, 3.8) is 0 Å². The Morgan fingerprint density at radius 3 is 2.57 bits per heavy atom. The topological polar surface area (TPSA) is 37.8 Å². The minimum Gasteiger partial charge on any atom is -0.365 e. The molecule has 108 valence electrons. The van der Waals surface area contributed by atoms with E-state index < -0.39 is 0 Å². The standard InChI is InChI=1S/C17H19N3S/c1-4-14-9-15-16(19-12(3)20-17(15)21-14)18-10-13-7-5-11(2)6-8-13/h5-9H,4,10H2,1-3H3,(H,18,19,20). The van der Waals surface area contributed by atoms with Crippen LogP contribution in [0.5, 0.6) is 0 Å². The molecule has 0 saturated carbocycles. The largest absolute Gasteiger partial charge is 0.365 e. The van der Waals surface area contributed by atoms with Crippen LogP contribution in [-0.2, 0) is 13.0 Å². The number of hydrogen-bond donors (Lipinski definition) is 1. The molecule has 21 heavy (non-hydrogen) atoms. The van der Waals surface area contributed by atoms with Gasteiger partial charge in [0.25, 0.3) is 0 Å². The Morgan fingerprint density at radius 2 is 1.86 bits per heavy atom. The molecular formula is C17H19N3S. The minimum atomic E-state index is 0.781. The van der Waals surface area contributed by atoms with Gasteiger partial charge in [0.05, 0.1) is 5.39 Å². The van der Waals surface area contributed by atoms with Crippen LogP contribution >= 0.6 is 11.3 Å². The number of aromatic nitrogens is 2. The minimum absolute atomic E-state index is 0.781. The van der Waals surface area contributed by atoms with E-state index in [1.807, 2.05) is 6.92 Å². The lowest BCUT2D eigenvalue weighted by Crippen LogP contribution is -2.03. The van der Waals surface area contributed by atoms with E-state index in [-0.39, 0.29) is 0 Å². The number of nitrogens with zero attached hydrogens (tertiary/aromatic N) is 2. The Kier molecular flexibility index (Phi) is 3.88. The molecule has 0 aliphatic heterocycles. The first-order valence-corrected chi connectivity index (χ1v) is 8.04. The summed E-state index contributed by atoms with van der Waals surface area (Å²) in [4.78, 5) is 11.5. The average Bonchev–Trinajstić information content (AvgIpc) is 2.89. The normalized spacial score (nSPS) is 11.0. The molecule has 0 spiro atoms. The first-order chi connectivity index (χ1) is 10.2. The van der Waals surface area contributed by atoms with Crippen LogP contribution in [0.2, 0.25) is 0 Å². The van der Waals surface area contributed by atoms with E-state index in [2.05, 4.69) is 59.5 Å². The van der Waals surface area contributed by atoms with Crippen molar-refractivity contribution in [2.24, 2.45) is 0 Å². The zero-order chi connectivity index (χ0) is 14.8. The van der Waals surface area contributed by atoms with Crippen molar-refractivity contribution < 1.29 is 0 Å². The molecule has 0 radical (unpaired) electrons. The molecule has 4 heteroatoms. The maximum absolute atomic E-state index is 4.57. The lowest BCUT2D eigenvalue weighted by atomic mass is 10.1. The Labute approximate surface area is 129 Å². The molecule has 0 atom stereocenters. The molecule has 2 aromatic heterocycles. The second-order valence-electron chi connectivity index (χ2n) is 5.24. The van der Waals surface area contributed by atoms with Gasteiger partial charge in [0.15, 0.2) is 0 Å². The third-order valence-electron chi connectivity index (χ3n) is 3.48. The molecule has 3 rings (SSSR count). The summed E-state index contributed by atoms with van der Waals surface area (Å²) in [5, 5.41) is 4.59. The van der Waals surface area contributed by atoms with E-state index in [1.165, 1.54) is 16.0 Å². The van der Waals surface area contributed by atoms with E-state index >= 15 is 0 Å². The van der Waals surface area contributed by atoms with Crippen molar-refractivity contribution in [1.29, 1.82) is 0 Å². The van der Waals surface area contributed by atoms with Crippen molar-refractivity contribution in [3.8, 4) is 0 Å². The monoisotopic (exact) mass is 297 g/mol. The zero-order valence-electron chi connectivity index (χ0n) is 12.6. The summed E-state index contributed by atoms with van der Waals surface area (Å²) < 4.78 is 0. The highest BCUT2D eigenvalue weighted by Gasteiger charge is 2.09. The van der Waals surface area contributed by atoms with Crippen LogP contribution in [0.3, 0.4) is 0 Å². The van der Waals surface area contributed by atoms with Crippen molar-refractivity contribution in [2.75, 3.05) is 5.32 Å². The number of nitrogens with one attached hydrogen (secondary N) is 1. The summed E-state index contributed by atoms with van der Waals surface area (Å²) in [6.45, 7) is 7.00. The Bertz CT molecular complexity index is 760. The molecule has 0 amide bonds. The lowest BCUT2D eigenvalue weighted by Gasteiger charge is -2.08. The fourth-order valence-electron chi connectivity index (χ4n) is 2.28. The fourth-order valence-corrected chi connectivity index (χ4v) is 3.29. The number of aryl methyl sites for hydroxylation is 3. The van der Waals surface area contributed by atoms with Crippen LogP contribution in [0.25, 0.3) is 10.2 Å². The van der Waals surface area contributed by atoms with Crippen LogP contribution in [0, 0.1) is 13.8 Å². The first kappa shape index (κ1) is 14.0. The van der Waals surface area contributed by atoms with Gasteiger partial charge < -0.3 is 5.32 Å². The molecule has 0 aliphatic carbocycles. The summed E-state index contributed by atoms with van der Waals surface area (Å²) in [6.07, 6.45) is 1.04. The molecule has 1 aromatic carbocycles. The third-order valence-corrected chi connectivity index (χ3v) is 4.66. The molecule has 0 bridgehead atoms. The van der Waals surface area contributed by atoms with Gasteiger partial charge in [-0.1, -0.05) is 36.8 Å². The van der Waals surface area contributed by atoms with Crippen LogP contribution in [0.15, 0.2) is 30.3 Å². The number of thiophene rings is 1. The van der Waals surface area contributed by atoms with Gasteiger partial charge >= 0.3 is 0 Å². The Balaban J connectivity index is 1.88. The van der Waals surface area contributed by atoms with Gasteiger partial charge in [-0.15, -0.1) is 11.3 Å². The number of rotatable bonds is 4. The molecule has 0 unspecified atom stereocenters. The maximum Gasteiger partial charge on any atom is 0.138 e. The van der Waals surface area contributed by atoms with Gasteiger partial charge in [0, 0.05) is 11.4 Å². The summed E-state index contributed by atoms with van der Waals surface area (Å²) in [7, 11) is 0. The number of hydrogen-bond acceptors (Lipinski definition) is 4. The second kappa shape index (κ2) is 5.82. The molecule has 1 N–H and O–H groups in total. The van der Waals surface area contributed by atoms with E-state index in [0.29, 0.717) is 0 Å². The van der Waals surface area contributed by atoms with Crippen LogP contribution in [0.4, 0.5) is 5.82 Å². The van der Waals surface area contributed by atoms with Crippen LogP contribution < -0.4 is 5.32 Å².